The summed E-state index contributed by atoms with van der Waals surface area (Å²) in [5.74, 6) is -0.961. The highest BCUT2D eigenvalue weighted by Crippen LogP contribution is 2.23. The van der Waals surface area contributed by atoms with E-state index in [4.69, 9.17) is 15.0 Å². The summed E-state index contributed by atoms with van der Waals surface area (Å²) in [5, 5.41) is 3.58. The summed E-state index contributed by atoms with van der Waals surface area (Å²) in [6.07, 6.45) is 3.06. The minimum atomic E-state index is -0.683. The lowest BCUT2D eigenvalue weighted by Gasteiger charge is -2.38. The van der Waals surface area contributed by atoms with Crippen LogP contribution in [0.4, 0.5) is 5.88 Å². The third-order valence-corrected chi connectivity index (χ3v) is 3.90. The van der Waals surface area contributed by atoms with Crippen molar-refractivity contribution >= 4 is 17.8 Å². The Morgan fingerprint density at radius 2 is 2.00 bits per heavy atom. The Bertz CT molecular complexity index is 511. The van der Waals surface area contributed by atoms with Crippen molar-refractivity contribution in [1.82, 2.24) is 10.1 Å². The number of hydrogen-bond acceptors (Lipinski definition) is 6. The van der Waals surface area contributed by atoms with Crippen molar-refractivity contribution in [1.29, 1.82) is 0 Å². The molecule has 1 aromatic rings. The maximum Gasteiger partial charge on any atom is 0.346 e. The lowest BCUT2D eigenvalue weighted by atomic mass is 9.97. The first-order valence-corrected chi connectivity index (χ1v) is 7.11. The number of amides is 1. The minimum Gasteiger partial charge on any atom is -0.452 e. The molecule has 0 radical (unpaired) electrons. The van der Waals surface area contributed by atoms with Crippen LogP contribution in [0, 0.1) is 6.92 Å². The number of esters is 1. The first kappa shape index (κ1) is 15.3. The Kier molecular flexibility index (Phi) is 4.50. The molecule has 1 aromatic heterocycles. The van der Waals surface area contributed by atoms with Gasteiger partial charge in [-0.25, -0.2) is 4.79 Å². The van der Waals surface area contributed by atoms with Gasteiger partial charge in [0.1, 0.15) is 5.56 Å². The Morgan fingerprint density at radius 1 is 1.38 bits per heavy atom. The monoisotopic (exact) mass is 295 g/mol. The molecule has 1 fully saturated rings. The fraction of sp³-hybridized carbons (Fsp3) is 0.643. The average molecular weight is 295 g/mol. The van der Waals surface area contributed by atoms with E-state index in [1.165, 1.54) is 0 Å². The molecular formula is C14H21N3O4. The summed E-state index contributed by atoms with van der Waals surface area (Å²) in [6, 6.07) is 0.338. The zero-order chi connectivity index (χ0) is 15.6. The van der Waals surface area contributed by atoms with Crippen LogP contribution in [-0.4, -0.2) is 40.6 Å². The summed E-state index contributed by atoms with van der Waals surface area (Å²) in [5.41, 5.74) is 5.95. The largest absolute Gasteiger partial charge is 0.452 e. The van der Waals surface area contributed by atoms with Crippen LogP contribution in [-0.2, 0) is 9.53 Å². The fourth-order valence-corrected chi connectivity index (χ4v) is 2.82. The summed E-state index contributed by atoms with van der Waals surface area (Å²) in [4.78, 5) is 26.0. The highest BCUT2D eigenvalue weighted by molar-refractivity contribution is 5.96. The van der Waals surface area contributed by atoms with Crippen molar-refractivity contribution in [3.05, 3.63) is 11.3 Å². The number of piperidine rings is 1. The topological polar surface area (TPSA) is 98.7 Å². The van der Waals surface area contributed by atoms with Gasteiger partial charge in [0.05, 0.1) is 5.69 Å². The van der Waals surface area contributed by atoms with E-state index in [1.54, 1.807) is 11.8 Å². The van der Waals surface area contributed by atoms with Crippen molar-refractivity contribution in [2.75, 3.05) is 12.3 Å². The second-order valence-corrected chi connectivity index (χ2v) is 5.51. The second-order valence-electron chi connectivity index (χ2n) is 5.51. The summed E-state index contributed by atoms with van der Waals surface area (Å²) < 4.78 is 9.75. The maximum atomic E-state index is 12.2. The van der Waals surface area contributed by atoms with E-state index in [2.05, 4.69) is 5.16 Å². The van der Waals surface area contributed by atoms with Crippen LogP contribution in [0.1, 0.15) is 49.2 Å². The number of likely N-dealkylation sites (tertiary alicyclic amines) is 1. The molecule has 1 aliphatic rings. The van der Waals surface area contributed by atoms with Gasteiger partial charge in [-0.05, 0) is 40.0 Å². The standard InChI is InChI=1S/C14H21N3O4/c1-8-5-4-6-9(2)17(8)11(18)7-20-14(19)12-10(3)16-21-13(12)15/h8-9H,4-7,15H2,1-3H3/t8-,9+. The molecule has 7 heteroatoms. The lowest BCUT2D eigenvalue weighted by Crippen LogP contribution is -2.49. The fourth-order valence-electron chi connectivity index (χ4n) is 2.82. The van der Waals surface area contributed by atoms with Crippen LogP contribution in [0.15, 0.2) is 4.52 Å². The molecule has 0 spiro atoms. The predicted octanol–water partition coefficient (Wildman–Crippen LogP) is 1.51. The number of aromatic nitrogens is 1. The van der Waals surface area contributed by atoms with E-state index in [9.17, 15) is 9.59 Å². The zero-order valence-corrected chi connectivity index (χ0v) is 12.6. The number of carbonyl (C=O) groups excluding carboxylic acids is 2. The zero-order valence-electron chi connectivity index (χ0n) is 12.6. The van der Waals surface area contributed by atoms with Crippen molar-refractivity contribution in [2.45, 2.75) is 52.1 Å². The number of hydrogen-bond donors (Lipinski definition) is 1. The van der Waals surface area contributed by atoms with Gasteiger partial charge < -0.3 is 19.9 Å². The minimum absolute atomic E-state index is 0.0857. The molecule has 1 saturated heterocycles. The third-order valence-electron chi connectivity index (χ3n) is 3.90. The molecule has 1 aliphatic heterocycles. The smallest absolute Gasteiger partial charge is 0.346 e. The molecule has 2 atom stereocenters. The molecule has 0 bridgehead atoms. The van der Waals surface area contributed by atoms with Gasteiger partial charge in [0, 0.05) is 12.1 Å². The summed E-state index contributed by atoms with van der Waals surface area (Å²) in [6.45, 7) is 5.32. The van der Waals surface area contributed by atoms with Gasteiger partial charge in [-0.1, -0.05) is 5.16 Å². The van der Waals surface area contributed by atoms with Gasteiger partial charge in [0.2, 0.25) is 5.88 Å². The Hall–Kier alpha value is -2.05. The highest BCUT2D eigenvalue weighted by atomic mass is 16.5. The molecule has 1 amide bonds. The van der Waals surface area contributed by atoms with E-state index < -0.39 is 5.97 Å². The van der Waals surface area contributed by atoms with E-state index in [0.29, 0.717) is 5.69 Å². The molecule has 2 N–H and O–H groups in total. The van der Waals surface area contributed by atoms with Gasteiger partial charge in [0.15, 0.2) is 6.61 Å². The van der Waals surface area contributed by atoms with E-state index in [-0.39, 0.29) is 36.0 Å². The van der Waals surface area contributed by atoms with Crippen molar-refractivity contribution in [2.24, 2.45) is 0 Å². The number of aryl methyl sites for hydroxylation is 1. The summed E-state index contributed by atoms with van der Waals surface area (Å²) >= 11 is 0. The van der Waals surface area contributed by atoms with Crippen LogP contribution in [0.25, 0.3) is 0 Å². The molecule has 0 aliphatic carbocycles. The number of anilines is 1. The number of nitrogens with zero attached hydrogens (tertiary/aromatic N) is 2. The van der Waals surface area contributed by atoms with Crippen molar-refractivity contribution < 1.29 is 18.8 Å². The SMILES string of the molecule is Cc1noc(N)c1C(=O)OCC(=O)N1[C@H](C)CCC[C@@H]1C. The Balaban J connectivity index is 1.96. The molecular weight excluding hydrogens is 274 g/mol. The number of nitrogens with two attached hydrogens (primary N) is 1. The number of nitrogen functional groups attached to an aromatic ring is 1. The molecule has 0 saturated carbocycles. The van der Waals surface area contributed by atoms with Gasteiger partial charge in [-0.15, -0.1) is 0 Å². The average Bonchev–Trinajstić information content (AvgIpc) is 2.75. The molecule has 2 heterocycles. The van der Waals surface area contributed by atoms with Gasteiger partial charge in [-0.3, -0.25) is 4.79 Å². The first-order valence-electron chi connectivity index (χ1n) is 7.11. The Labute approximate surface area is 123 Å². The predicted molar refractivity (Wildman–Crippen MR) is 75.6 cm³/mol. The van der Waals surface area contributed by atoms with Crippen LogP contribution >= 0.6 is 0 Å². The third kappa shape index (κ3) is 3.17. The lowest BCUT2D eigenvalue weighted by molar-refractivity contribution is -0.140. The van der Waals surface area contributed by atoms with Gasteiger partial charge in [0.25, 0.3) is 5.91 Å². The number of rotatable bonds is 3. The maximum absolute atomic E-state index is 12.2. The normalized spacial score (nSPS) is 22.1. The number of carbonyl (C=O) groups is 2. The van der Waals surface area contributed by atoms with Crippen molar-refractivity contribution in [3.63, 3.8) is 0 Å². The second kappa shape index (κ2) is 6.15. The molecule has 21 heavy (non-hydrogen) atoms. The summed E-state index contributed by atoms with van der Waals surface area (Å²) in [7, 11) is 0. The molecule has 7 nitrogen and oxygen atoms in total. The molecule has 2 rings (SSSR count). The highest BCUT2D eigenvalue weighted by Gasteiger charge is 2.30. The number of ether oxygens (including phenoxy) is 1. The van der Waals surface area contributed by atoms with Crippen LogP contribution in [0.5, 0.6) is 0 Å². The molecule has 116 valence electrons. The molecule has 0 unspecified atom stereocenters. The molecule has 0 aromatic carbocycles. The quantitative estimate of drug-likeness (QED) is 0.849. The van der Waals surface area contributed by atoms with Crippen LogP contribution in [0.3, 0.4) is 0 Å². The Morgan fingerprint density at radius 3 is 2.52 bits per heavy atom. The van der Waals surface area contributed by atoms with Crippen LogP contribution < -0.4 is 5.73 Å². The van der Waals surface area contributed by atoms with Crippen molar-refractivity contribution in [3.8, 4) is 0 Å². The van der Waals surface area contributed by atoms with E-state index in [1.807, 2.05) is 13.8 Å². The van der Waals surface area contributed by atoms with E-state index >= 15 is 0 Å². The first-order chi connectivity index (χ1) is 9.91. The van der Waals surface area contributed by atoms with Crippen LogP contribution in [0.2, 0.25) is 0 Å². The van der Waals surface area contributed by atoms with Gasteiger partial charge >= 0.3 is 5.97 Å². The van der Waals surface area contributed by atoms with Gasteiger partial charge in [-0.2, -0.15) is 0 Å². The van der Waals surface area contributed by atoms with E-state index in [0.717, 1.165) is 19.3 Å².